The number of hydrogen-bond donors (Lipinski definition) is 2. The maximum Gasteiger partial charge on any atom is 0.259 e. The first-order valence-corrected chi connectivity index (χ1v) is 4.20. The molecule has 0 aliphatic heterocycles. The highest BCUT2D eigenvalue weighted by Gasteiger charge is 2.15. The lowest BCUT2D eigenvalue weighted by atomic mass is 10.3. The van der Waals surface area contributed by atoms with Gasteiger partial charge < -0.3 is 15.4 Å². The highest BCUT2D eigenvalue weighted by Crippen LogP contribution is 2.08. The van der Waals surface area contributed by atoms with Gasteiger partial charge in [-0.25, -0.2) is 0 Å². The van der Waals surface area contributed by atoms with E-state index in [1.54, 1.807) is 14.2 Å². The average molecular weight is 198 g/mol. The molecule has 0 bridgehead atoms. The van der Waals surface area contributed by atoms with E-state index in [0.717, 1.165) is 0 Å². The van der Waals surface area contributed by atoms with Gasteiger partial charge in [0.1, 0.15) is 11.4 Å². The first-order chi connectivity index (χ1) is 6.66. The van der Waals surface area contributed by atoms with Crippen LogP contribution in [-0.2, 0) is 4.74 Å². The van der Waals surface area contributed by atoms with Crippen LogP contribution >= 0.6 is 0 Å². The van der Waals surface area contributed by atoms with Gasteiger partial charge in [-0.2, -0.15) is 5.10 Å². The molecule has 1 heterocycles. The van der Waals surface area contributed by atoms with E-state index in [1.807, 2.05) is 0 Å². The van der Waals surface area contributed by atoms with Crippen molar-refractivity contribution >= 4 is 11.7 Å². The summed E-state index contributed by atoms with van der Waals surface area (Å²) in [7, 11) is 3.28. The molecule has 78 valence electrons. The topological polar surface area (TPSA) is 84.2 Å². The molecule has 1 amide bonds. The number of nitrogens with one attached hydrogen (secondary N) is 1. The van der Waals surface area contributed by atoms with Crippen molar-refractivity contribution in [3.8, 4) is 0 Å². The lowest BCUT2D eigenvalue weighted by Crippen LogP contribution is -2.30. The Morgan fingerprint density at radius 2 is 2.50 bits per heavy atom. The fourth-order valence-electron chi connectivity index (χ4n) is 1.00. The van der Waals surface area contributed by atoms with Crippen LogP contribution in [0.1, 0.15) is 10.4 Å². The van der Waals surface area contributed by atoms with Crippen molar-refractivity contribution in [3.05, 3.63) is 11.8 Å². The number of nitrogens with zero attached hydrogens (tertiary/aromatic N) is 2. The zero-order valence-electron chi connectivity index (χ0n) is 8.28. The number of ether oxygens (including phenoxy) is 1. The lowest BCUT2D eigenvalue weighted by molar-refractivity contribution is 0.0745. The largest absolute Gasteiger partial charge is 0.383 e. The molecule has 1 rings (SSSR count). The summed E-state index contributed by atoms with van der Waals surface area (Å²) < 4.78 is 4.86. The molecular weight excluding hydrogens is 184 g/mol. The zero-order valence-corrected chi connectivity index (χ0v) is 8.28. The van der Waals surface area contributed by atoms with Crippen LogP contribution in [0, 0.1) is 0 Å². The number of methoxy groups -OCH3 is 1. The number of rotatable bonds is 4. The molecule has 0 radical (unpaired) electrons. The lowest BCUT2D eigenvalue weighted by Gasteiger charge is -2.15. The normalized spacial score (nSPS) is 10.1. The number of amides is 1. The van der Waals surface area contributed by atoms with E-state index in [1.165, 1.54) is 11.1 Å². The number of anilines is 1. The second-order valence-electron chi connectivity index (χ2n) is 2.92. The molecule has 0 saturated heterocycles. The van der Waals surface area contributed by atoms with Crippen molar-refractivity contribution in [1.82, 2.24) is 15.1 Å². The maximum atomic E-state index is 11.7. The van der Waals surface area contributed by atoms with Crippen LogP contribution in [0.3, 0.4) is 0 Å². The second kappa shape index (κ2) is 4.61. The fraction of sp³-hybridized carbons (Fsp3) is 0.500. The molecule has 0 aliphatic carbocycles. The molecule has 6 heteroatoms. The Bertz CT molecular complexity index is 310. The van der Waals surface area contributed by atoms with Crippen molar-refractivity contribution in [2.45, 2.75) is 0 Å². The monoisotopic (exact) mass is 198 g/mol. The summed E-state index contributed by atoms with van der Waals surface area (Å²) in [5.41, 5.74) is 5.90. The number of aromatic nitrogens is 2. The summed E-state index contributed by atoms with van der Waals surface area (Å²) in [4.78, 5) is 13.2. The van der Waals surface area contributed by atoms with Gasteiger partial charge in [0.25, 0.3) is 5.91 Å². The molecule has 0 unspecified atom stereocenters. The van der Waals surface area contributed by atoms with Crippen LogP contribution in [0.5, 0.6) is 0 Å². The third-order valence-corrected chi connectivity index (χ3v) is 1.88. The van der Waals surface area contributed by atoms with E-state index in [0.29, 0.717) is 24.5 Å². The van der Waals surface area contributed by atoms with Gasteiger partial charge in [-0.3, -0.25) is 9.89 Å². The molecule has 1 aromatic heterocycles. The van der Waals surface area contributed by atoms with Gasteiger partial charge in [0.05, 0.1) is 12.8 Å². The van der Waals surface area contributed by atoms with Gasteiger partial charge in [-0.1, -0.05) is 0 Å². The molecule has 6 nitrogen and oxygen atoms in total. The van der Waals surface area contributed by atoms with E-state index in [2.05, 4.69) is 10.2 Å². The minimum Gasteiger partial charge on any atom is -0.383 e. The van der Waals surface area contributed by atoms with Crippen molar-refractivity contribution in [1.29, 1.82) is 0 Å². The Morgan fingerprint density at radius 3 is 3.00 bits per heavy atom. The number of carbonyl (C=O) groups excluding carboxylic acids is 1. The predicted molar refractivity (Wildman–Crippen MR) is 51.8 cm³/mol. The van der Waals surface area contributed by atoms with E-state index < -0.39 is 0 Å². The van der Waals surface area contributed by atoms with E-state index >= 15 is 0 Å². The molecule has 0 fully saturated rings. The Balaban J connectivity index is 2.61. The van der Waals surface area contributed by atoms with Crippen molar-refractivity contribution < 1.29 is 9.53 Å². The third kappa shape index (κ3) is 2.23. The number of hydrogen-bond acceptors (Lipinski definition) is 4. The molecule has 3 N–H and O–H groups in total. The molecule has 0 atom stereocenters. The Kier molecular flexibility index (Phi) is 3.47. The number of aromatic amines is 1. The van der Waals surface area contributed by atoms with Crippen molar-refractivity contribution in [2.75, 3.05) is 33.0 Å². The molecule has 0 aromatic carbocycles. The molecule has 0 aliphatic rings. The SMILES string of the molecule is COCCN(C)C(=O)c1cn[nH]c1N. The first kappa shape index (κ1) is 10.5. The Morgan fingerprint density at radius 1 is 1.79 bits per heavy atom. The quantitative estimate of drug-likeness (QED) is 0.696. The molecule has 0 saturated carbocycles. The summed E-state index contributed by atoms with van der Waals surface area (Å²) in [5, 5.41) is 6.19. The predicted octanol–water partition coefficient (Wildman–Crippen LogP) is -0.290. The van der Waals surface area contributed by atoms with Gasteiger partial charge in [0.15, 0.2) is 0 Å². The van der Waals surface area contributed by atoms with Crippen LogP contribution in [0.4, 0.5) is 5.82 Å². The van der Waals surface area contributed by atoms with Crippen molar-refractivity contribution in [2.24, 2.45) is 0 Å². The number of nitrogens with two attached hydrogens (primary N) is 1. The second-order valence-corrected chi connectivity index (χ2v) is 2.92. The maximum absolute atomic E-state index is 11.7. The number of nitrogen functional groups attached to an aromatic ring is 1. The van der Waals surface area contributed by atoms with Gasteiger partial charge in [-0.05, 0) is 0 Å². The minimum atomic E-state index is -0.159. The standard InChI is InChI=1S/C8H14N4O2/c1-12(3-4-14-2)8(13)6-5-10-11-7(6)9/h5H,3-4H2,1-2H3,(H3,9,10,11). The summed E-state index contributed by atoms with van der Waals surface area (Å²) in [6.07, 6.45) is 1.42. The molecule has 14 heavy (non-hydrogen) atoms. The Labute approximate surface area is 82.0 Å². The number of likely N-dealkylation sites (N-methyl/N-ethyl adjacent to an activating group) is 1. The fourth-order valence-corrected chi connectivity index (χ4v) is 1.00. The zero-order chi connectivity index (χ0) is 10.6. The smallest absolute Gasteiger partial charge is 0.259 e. The highest BCUT2D eigenvalue weighted by molar-refractivity contribution is 5.97. The first-order valence-electron chi connectivity index (χ1n) is 4.20. The summed E-state index contributed by atoms with van der Waals surface area (Å²) in [6.45, 7) is 1.03. The highest BCUT2D eigenvalue weighted by atomic mass is 16.5. The van der Waals surface area contributed by atoms with Gasteiger partial charge in [0, 0.05) is 20.7 Å². The summed E-state index contributed by atoms with van der Waals surface area (Å²) in [5.74, 6) is 0.132. The number of H-pyrrole nitrogens is 1. The molecule has 1 aromatic rings. The molecular formula is C8H14N4O2. The van der Waals surface area contributed by atoms with Crippen molar-refractivity contribution in [3.63, 3.8) is 0 Å². The third-order valence-electron chi connectivity index (χ3n) is 1.88. The average Bonchev–Trinajstić information content (AvgIpc) is 2.59. The van der Waals surface area contributed by atoms with Gasteiger partial charge in [0.2, 0.25) is 0 Å². The Hall–Kier alpha value is -1.56. The van der Waals surface area contributed by atoms with Crippen LogP contribution < -0.4 is 5.73 Å². The summed E-state index contributed by atoms with van der Waals surface area (Å²) >= 11 is 0. The summed E-state index contributed by atoms with van der Waals surface area (Å²) in [6, 6.07) is 0. The minimum absolute atomic E-state index is 0.159. The number of carbonyl (C=O) groups is 1. The molecule has 0 spiro atoms. The van der Waals surface area contributed by atoms with Gasteiger partial charge >= 0.3 is 0 Å². The van der Waals surface area contributed by atoms with E-state index in [9.17, 15) is 4.79 Å². The van der Waals surface area contributed by atoms with E-state index in [-0.39, 0.29) is 5.91 Å². The van der Waals surface area contributed by atoms with Crippen LogP contribution in [0.25, 0.3) is 0 Å². The van der Waals surface area contributed by atoms with Crippen LogP contribution in [-0.4, -0.2) is 48.3 Å². The van der Waals surface area contributed by atoms with Crippen LogP contribution in [0.15, 0.2) is 6.20 Å². The van der Waals surface area contributed by atoms with Crippen LogP contribution in [0.2, 0.25) is 0 Å². The van der Waals surface area contributed by atoms with Gasteiger partial charge in [-0.15, -0.1) is 0 Å². The van der Waals surface area contributed by atoms with E-state index in [4.69, 9.17) is 10.5 Å².